The molecule has 192 valence electrons. The molecule has 1 fully saturated rings. The number of rotatable bonds is 9. The molecule has 3 heterocycles. The summed E-state index contributed by atoms with van der Waals surface area (Å²) < 4.78 is 0. The lowest BCUT2D eigenvalue weighted by Gasteiger charge is -2.33. The average Bonchev–Trinajstić information content (AvgIpc) is 3.30. The number of nitrogens with one attached hydrogen (secondary N) is 1. The first-order valence-electron chi connectivity index (χ1n) is 13.2. The van der Waals surface area contributed by atoms with Gasteiger partial charge in [-0.1, -0.05) is 31.6 Å². The quantitative estimate of drug-likeness (QED) is 0.490. The Labute approximate surface area is 211 Å². The number of piperidine rings is 1. The lowest BCUT2D eigenvalue weighted by Crippen LogP contribution is -2.40. The molecule has 1 saturated heterocycles. The van der Waals surface area contributed by atoms with Crippen LogP contribution in [-0.2, 0) is 4.79 Å². The molecule has 1 amide bonds. The Balaban J connectivity index is 1.70. The van der Waals surface area contributed by atoms with Gasteiger partial charge in [0.15, 0.2) is 0 Å². The van der Waals surface area contributed by atoms with Gasteiger partial charge in [0.2, 0.25) is 0 Å². The first-order chi connectivity index (χ1) is 17.0. The minimum Gasteiger partial charge on any atom is -0.396 e. The van der Waals surface area contributed by atoms with Crippen LogP contribution in [0.3, 0.4) is 0 Å². The molecule has 0 bridgehead atoms. The van der Waals surface area contributed by atoms with Crippen molar-refractivity contribution >= 4 is 17.3 Å². The summed E-state index contributed by atoms with van der Waals surface area (Å²) in [6.45, 7) is 7.31. The van der Waals surface area contributed by atoms with Gasteiger partial charge in [0.25, 0.3) is 5.91 Å². The average molecular weight is 482 g/mol. The van der Waals surface area contributed by atoms with Crippen molar-refractivity contribution in [1.82, 2.24) is 15.1 Å². The highest BCUT2D eigenvalue weighted by molar-refractivity contribution is 6.46. The highest BCUT2D eigenvalue weighted by Gasteiger charge is 2.28. The molecule has 3 aliphatic heterocycles. The fourth-order valence-electron chi connectivity index (χ4n) is 4.75. The summed E-state index contributed by atoms with van der Waals surface area (Å²) >= 11 is 0. The van der Waals surface area contributed by atoms with E-state index in [4.69, 9.17) is 15.1 Å². The van der Waals surface area contributed by atoms with Crippen molar-refractivity contribution in [3.05, 3.63) is 47.9 Å². The van der Waals surface area contributed by atoms with Gasteiger partial charge in [0.1, 0.15) is 0 Å². The van der Waals surface area contributed by atoms with Gasteiger partial charge in [-0.25, -0.2) is 0 Å². The summed E-state index contributed by atoms with van der Waals surface area (Å²) in [5.41, 5.74) is 3.93. The minimum absolute atomic E-state index is 0.0902. The fraction of sp³-hybridized carbons (Fsp3) is 0.607. The lowest BCUT2D eigenvalue weighted by molar-refractivity contribution is -0.128. The number of hydrogen-bond donors (Lipinski definition) is 2. The molecule has 0 radical (unpaired) electrons. The molecule has 0 aromatic heterocycles. The summed E-state index contributed by atoms with van der Waals surface area (Å²) in [5, 5.41) is 12.6. The number of unbranched alkanes of at least 4 members (excludes halogenated alkanes) is 2. The SMILES string of the molecule is CC/C=C/C1=NC/C=C\C(C(=O)N2CCC(C3=CN(C)CN3)CC2)=C/C(C)N=C1CCCCCO. The topological polar surface area (TPSA) is 80.5 Å². The first-order valence-corrected chi connectivity index (χ1v) is 13.2. The maximum absolute atomic E-state index is 13.4. The number of carbonyl (C=O) groups excluding carboxylic acids is 1. The van der Waals surface area contributed by atoms with Crippen molar-refractivity contribution in [2.75, 3.05) is 40.0 Å². The first kappa shape index (κ1) is 26.9. The Kier molecular flexibility index (Phi) is 10.8. The standard InChI is InChI=1S/C28H43N5O2/c1-4-5-11-25-26(12-7-6-8-18-34)31-22(2)19-24(10-9-15-29-25)28(35)33-16-13-23(14-17-33)27-20-32(3)21-30-27/h5,9-11,19-20,22-23,30,34H,4,6-8,12-18,21H2,1-3H3/b10-9-,11-5+,24-19+,29-25?,31-26?. The van der Waals surface area contributed by atoms with E-state index in [1.54, 1.807) is 0 Å². The summed E-state index contributed by atoms with van der Waals surface area (Å²) in [7, 11) is 2.08. The van der Waals surface area contributed by atoms with Gasteiger partial charge < -0.3 is 20.2 Å². The number of amides is 1. The maximum Gasteiger partial charge on any atom is 0.253 e. The van der Waals surface area contributed by atoms with Gasteiger partial charge >= 0.3 is 0 Å². The van der Waals surface area contributed by atoms with Crippen LogP contribution in [0.1, 0.15) is 58.8 Å². The van der Waals surface area contributed by atoms with Crippen LogP contribution in [0, 0.1) is 5.92 Å². The molecule has 7 nitrogen and oxygen atoms in total. The Hall–Kier alpha value is -2.67. The van der Waals surface area contributed by atoms with Crippen molar-refractivity contribution in [1.29, 1.82) is 0 Å². The zero-order valence-corrected chi connectivity index (χ0v) is 21.7. The number of nitrogens with zero attached hydrogens (tertiary/aromatic N) is 4. The molecule has 0 aromatic carbocycles. The van der Waals surface area contributed by atoms with Gasteiger partial charge in [-0.3, -0.25) is 14.8 Å². The highest BCUT2D eigenvalue weighted by atomic mass is 16.2. The second-order valence-electron chi connectivity index (χ2n) is 9.65. The van der Waals surface area contributed by atoms with E-state index in [2.05, 4.69) is 42.5 Å². The van der Waals surface area contributed by atoms with Crippen LogP contribution in [0.2, 0.25) is 0 Å². The second-order valence-corrected chi connectivity index (χ2v) is 9.65. The molecule has 3 aliphatic rings. The van der Waals surface area contributed by atoms with Crippen LogP contribution in [0.25, 0.3) is 0 Å². The van der Waals surface area contributed by atoms with Crippen LogP contribution in [0.4, 0.5) is 0 Å². The lowest BCUT2D eigenvalue weighted by atomic mass is 9.93. The molecule has 0 aliphatic carbocycles. The van der Waals surface area contributed by atoms with Crippen molar-refractivity contribution < 1.29 is 9.90 Å². The third kappa shape index (κ3) is 8.20. The molecule has 2 N–H and O–H groups in total. The molecule has 35 heavy (non-hydrogen) atoms. The molecule has 1 unspecified atom stereocenters. The van der Waals surface area contributed by atoms with E-state index in [-0.39, 0.29) is 18.6 Å². The van der Waals surface area contributed by atoms with E-state index in [1.807, 2.05) is 30.1 Å². The van der Waals surface area contributed by atoms with E-state index >= 15 is 0 Å². The predicted molar refractivity (Wildman–Crippen MR) is 145 cm³/mol. The van der Waals surface area contributed by atoms with Gasteiger partial charge in [0, 0.05) is 50.1 Å². The molecule has 3 rings (SSSR count). The number of carbonyl (C=O) groups is 1. The molecule has 0 aromatic rings. The largest absolute Gasteiger partial charge is 0.396 e. The normalized spacial score (nSPS) is 24.4. The third-order valence-electron chi connectivity index (χ3n) is 6.68. The fourth-order valence-corrected chi connectivity index (χ4v) is 4.75. The summed E-state index contributed by atoms with van der Waals surface area (Å²) in [6, 6.07) is -0.120. The molecular weight excluding hydrogens is 438 g/mol. The Bertz CT molecular complexity index is 891. The van der Waals surface area contributed by atoms with Gasteiger partial charge in [-0.2, -0.15) is 0 Å². The number of likely N-dealkylation sites (tertiary alicyclic amines) is 1. The van der Waals surface area contributed by atoms with Gasteiger partial charge in [-0.15, -0.1) is 0 Å². The predicted octanol–water partition coefficient (Wildman–Crippen LogP) is 3.84. The molecular formula is C28H43N5O2. The molecule has 1 atom stereocenters. The highest BCUT2D eigenvalue weighted by Crippen LogP contribution is 2.26. The van der Waals surface area contributed by atoms with E-state index in [9.17, 15) is 4.79 Å². The second kappa shape index (κ2) is 14.0. The maximum atomic E-state index is 13.4. The number of aliphatic hydroxyl groups excluding tert-OH is 1. The monoisotopic (exact) mass is 481 g/mol. The molecule has 7 heteroatoms. The van der Waals surface area contributed by atoms with Crippen molar-refractivity contribution in [2.24, 2.45) is 15.9 Å². The zero-order valence-electron chi connectivity index (χ0n) is 21.7. The Morgan fingerprint density at radius 1 is 1.26 bits per heavy atom. The Morgan fingerprint density at radius 3 is 2.74 bits per heavy atom. The smallest absolute Gasteiger partial charge is 0.253 e. The molecule has 0 spiro atoms. The number of aliphatic hydroxyl groups is 1. The van der Waals surface area contributed by atoms with Crippen LogP contribution in [0.15, 0.2) is 57.8 Å². The van der Waals surface area contributed by atoms with E-state index < -0.39 is 0 Å². The van der Waals surface area contributed by atoms with E-state index in [0.29, 0.717) is 18.0 Å². The summed E-state index contributed by atoms with van der Waals surface area (Å²) in [5.74, 6) is 0.589. The Morgan fingerprint density at radius 2 is 2.06 bits per heavy atom. The van der Waals surface area contributed by atoms with E-state index in [0.717, 1.165) is 76.1 Å². The number of allylic oxidation sites excluding steroid dienone is 3. The van der Waals surface area contributed by atoms with Gasteiger partial charge in [0.05, 0.1) is 30.7 Å². The van der Waals surface area contributed by atoms with Crippen molar-refractivity contribution in [3.63, 3.8) is 0 Å². The van der Waals surface area contributed by atoms with Crippen LogP contribution in [0.5, 0.6) is 0 Å². The van der Waals surface area contributed by atoms with E-state index in [1.165, 1.54) is 5.70 Å². The number of hydrogen-bond acceptors (Lipinski definition) is 6. The minimum atomic E-state index is -0.120. The van der Waals surface area contributed by atoms with Crippen molar-refractivity contribution in [2.45, 2.75) is 64.8 Å². The summed E-state index contributed by atoms with van der Waals surface area (Å²) in [4.78, 5) is 27.4. The van der Waals surface area contributed by atoms with Crippen molar-refractivity contribution in [3.8, 4) is 0 Å². The van der Waals surface area contributed by atoms with Crippen LogP contribution in [-0.4, -0.2) is 78.2 Å². The van der Waals surface area contributed by atoms with Gasteiger partial charge in [-0.05, 0) is 57.6 Å². The third-order valence-corrected chi connectivity index (χ3v) is 6.68. The zero-order chi connectivity index (χ0) is 25.0. The van der Waals surface area contributed by atoms with Crippen LogP contribution < -0.4 is 5.32 Å². The summed E-state index contributed by atoms with van der Waals surface area (Å²) in [6.07, 6.45) is 18.8. The molecule has 0 saturated carbocycles. The van der Waals surface area contributed by atoms with Crippen LogP contribution >= 0.6 is 0 Å². The number of aliphatic imine (C=N–C) groups is 2.